The van der Waals surface area contributed by atoms with Gasteiger partial charge in [-0.25, -0.2) is 9.18 Å². The summed E-state index contributed by atoms with van der Waals surface area (Å²) in [5, 5.41) is 24.7. The molecule has 3 aromatic rings. The summed E-state index contributed by atoms with van der Waals surface area (Å²) in [6.07, 6.45) is 8.82. The number of carbonyl (C=O) groups excluding carboxylic acids is 1. The number of oxime groups is 1. The van der Waals surface area contributed by atoms with Crippen molar-refractivity contribution in [3.05, 3.63) is 120 Å². The Morgan fingerprint density at radius 1 is 1.03 bits per heavy atom. The van der Waals surface area contributed by atoms with Crippen LogP contribution in [0, 0.1) is 23.6 Å². The number of hydrogen-bond acceptors (Lipinski definition) is 9. The summed E-state index contributed by atoms with van der Waals surface area (Å²) < 4.78 is 41.0. The van der Waals surface area contributed by atoms with Crippen LogP contribution in [0.15, 0.2) is 102 Å². The lowest BCUT2D eigenvalue weighted by atomic mass is 9.55. The maximum Gasteiger partial charge on any atom is 0.410 e. The van der Waals surface area contributed by atoms with E-state index in [0.717, 1.165) is 42.4 Å². The molecule has 3 aliphatic rings. The molecule has 1 fully saturated rings. The van der Waals surface area contributed by atoms with E-state index in [1.54, 1.807) is 29.2 Å². The molecule has 0 unspecified atom stereocenters. The van der Waals surface area contributed by atoms with Gasteiger partial charge in [0.05, 0.1) is 24.1 Å². The van der Waals surface area contributed by atoms with Crippen LogP contribution < -0.4 is 9.47 Å². The Labute approximate surface area is 352 Å². The van der Waals surface area contributed by atoms with E-state index in [-0.39, 0.29) is 75.5 Å². The Hall–Kier alpha value is -4.42. The molecule has 0 spiro atoms. The Morgan fingerprint density at radius 2 is 1.80 bits per heavy atom. The number of fused-ring (bicyclic) bond motifs is 2. The smallest absolute Gasteiger partial charge is 0.410 e. The van der Waals surface area contributed by atoms with Gasteiger partial charge in [-0.3, -0.25) is 4.90 Å². The topological polar surface area (TPSA) is 119 Å². The molecular weight excluding hydrogens is 775 g/mol. The third-order valence-electron chi connectivity index (χ3n) is 11.6. The van der Waals surface area contributed by atoms with E-state index in [0.29, 0.717) is 48.6 Å². The van der Waals surface area contributed by atoms with Gasteiger partial charge in [0, 0.05) is 43.2 Å². The van der Waals surface area contributed by atoms with Crippen molar-refractivity contribution in [2.24, 2.45) is 22.9 Å². The molecule has 1 amide bonds. The van der Waals surface area contributed by atoms with Crippen molar-refractivity contribution in [1.82, 2.24) is 4.90 Å². The fourth-order valence-electron chi connectivity index (χ4n) is 9.10. The van der Waals surface area contributed by atoms with Gasteiger partial charge in [-0.1, -0.05) is 85.6 Å². The molecule has 1 heterocycles. The van der Waals surface area contributed by atoms with Gasteiger partial charge in [0.2, 0.25) is 5.79 Å². The summed E-state index contributed by atoms with van der Waals surface area (Å²) in [5.74, 6) is -1.14. The second kappa shape index (κ2) is 21.7. The zero-order chi connectivity index (χ0) is 41.6. The highest BCUT2D eigenvalue weighted by molar-refractivity contribution is 6.18. The number of rotatable bonds is 22. The Kier molecular flexibility index (Phi) is 16.3. The van der Waals surface area contributed by atoms with Gasteiger partial charge >= 0.3 is 6.09 Å². The number of unbranched alkanes of at least 4 members (excludes halogenated alkanes) is 2. The van der Waals surface area contributed by atoms with Crippen molar-refractivity contribution >= 4 is 23.4 Å². The molecule has 1 saturated carbocycles. The van der Waals surface area contributed by atoms with E-state index >= 15 is 0 Å². The highest BCUT2D eigenvalue weighted by atomic mass is 35.5. The normalized spacial score (nSPS) is 23.6. The van der Waals surface area contributed by atoms with Gasteiger partial charge in [0.1, 0.15) is 43.2 Å². The van der Waals surface area contributed by atoms with Gasteiger partial charge in [-0.15, -0.1) is 18.2 Å². The number of hydrogen-bond donors (Lipinski definition) is 2. The van der Waals surface area contributed by atoms with Gasteiger partial charge in [-0.2, -0.15) is 0 Å². The van der Waals surface area contributed by atoms with E-state index in [2.05, 4.69) is 12.7 Å². The molecule has 318 valence electrons. The van der Waals surface area contributed by atoms with Crippen molar-refractivity contribution in [3.8, 4) is 11.5 Å². The Bertz CT molecular complexity index is 1890. The second-order valence-electron chi connectivity index (χ2n) is 15.4. The van der Waals surface area contributed by atoms with Crippen LogP contribution in [0.25, 0.3) is 0 Å². The van der Waals surface area contributed by atoms with Crippen LogP contribution in [0.5, 0.6) is 11.5 Å². The van der Waals surface area contributed by atoms with Gasteiger partial charge in [0.25, 0.3) is 0 Å². The van der Waals surface area contributed by atoms with E-state index in [4.69, 9.17) is 40.5 Å². The SMILES string of the molecule is C=CCO[C@@]12Oc3ccc(OCc4ccccc4F)cc3[C@H]3[C@H](CCCCO)[C@@H](CCCCO)C=C(C(=NOCc4ccccc4)C[C@@H]1N(CCC)C(=O)OCCCl)[C@H]32. The average molecular weight is 833 g/mol. The highest BCUT2D eigenvalue weighted by Gasteiger charge is 2.65. The third kappa shape index (κ3) is 10.3. The summed E-state index contributed by atoms with van der Waals surface area (Å²) in [5.41, 5.74) is 3.91. The molecule has 10 nitrogen and oxygen atoms in total. The van der Waals surface area contributed by atoms with E-state index in [1.165, 1.54) is 6.07 Å². The van der Waals surface area contributed by atoms with E-state index in [1.807, 2.05) is 55.5 Å². The van der Waals surface area contributed by atoms with Crippen LogP contribution in [-0.2, 0) is 27.5 Å². The fourth-order valence-corrected chi connectivity index (χ4v) is 9.17. The minimum absolute atomic E-state index is 0.0261. The van der Waals surface area contributed by atoms with E-state index < -0.39 is 23.8 Å². The molecule has 2 N–H and O–H groups in total. The van der Waals surface area contributed by atoms with Crippen molar-refractivity contribution in [2.45, 2.75) is 89.3 Å². The summed E-state index contributed by atoms with van der Waals surface area (Å²) in [6.45, 7) is 6.97. The second-order valence-corrected chi connectivity index (χ2v) is 15.8. The number of alkyl halides is 1. The zero-order valence-corrected chi connectivity index (χ0v) is 34.7. The monoisotopic (exact) mass is 832 g/mol. The van der Waals surface area contributed by atoms with Gasteiger partial charge in [-0.05, 0) is 79.3 Å². The summed E-state index contributed by atoms with van der Waals surface area (Å²) in [7, 11) is 0. The highest BCUT2D eigenvalue weighted by Crippen LogP contribution is 2.62. The average Bonchev–Trinajstić information content (AvgIpc) is 3.25. The molecule has 0 saturated heterocycles. The number of amides is 1. The van der Waals surface area contributed by atoms with Crippen LogP contribution in [0.2, 0.25) is 0 Å². The lowest BCUT2D eigenvalue weighted by Crippen LogP contribution is -2.70. The first-order chi connectivity index (χ1) is 28.9. The number of carbonyl (C=O) groups is 1. The zero-order valence-electron chi connectivity index (χ0n) is 34.0. The minimum atomic E-state index is -1.42. The lowest BCUT2D eigenvalue weighted by molar-refractivity contribution is -0.255. The number of allylic oxidation sites excluding steroid dienone is 1. The first-order valence-corrected chi connectivity index (χ1v) is 21.5. The van der Waals surface area contributed by atoms with Crippen LogP contribution in [0.3, 0.4) is 0 Å². The summed E-state index contributed by atoms with van der Waals surface area (Å²) in [6, 6.07) is 21.4. The number of aliphatic hydroxyl groups excluding tert-OH is 2. The Morgan fingerprint density at radius 3 is 2.53 bits per heavy atom. The molecule has 12 heteroatoms. The lowest BCUT2D eigenvalue weighted by Gasteiger charge is -2.59. The van der Waals surface area contributed by atoms with Crippen LogP contribution >= 0.6 is 11.6 Å². The van der Waals surface area contributed by atoms with Crippen molar-refractivity contribution in [2.75, 3.05) is 38.9 Å². The van der Waals surface area contributed by atoms with Crippen molar-refractivity contribution in [1.29, 1.82) is 0 Å². The Balaban J connectivity index is 1.55. The fraction of sp³-hybridized carbons (Fsp3) is 0.489. The van der Waals surface area contributed by atoms with Gasteiger partial charge in [0.15, 0.2) is 0 Å². The molecular formula is C47H58ClFN2O8. The largest absolute Gasteiger partial charge is 0.489 e. The number of aliphatic hydroxyl groups is 2. The first-order valence-electron chi connectivity index (χ1n) is 21.0. The summed E-state index contributed by atoms with van der Waals surface area (Å²) >= 11 is 6.02. The quantitative estimate of drug-likeness (QED) is 0.0445. The van der Waals surface area contributed by atoms with Gasteiger partial charge < -0.3 is 34.0 Å². The van der Waals surface area contributed by atoms with Crippen LogP contribution in [-0.4, -0.2) is 77.6 Å². The minimum Gasteiger partial charge on any atom is -0.489 e. The molecule has 0 bridgehead atoms. The van der Waals surface area contributed by atoms with Crippen molar-refractivity contribution in [3.63, 3.8) is 0 Å². The standard InChI is InChI=1S/C47H58ClFN2O8/c1-3-23-51(46(54)55-27-22-48)43-30-41(50-58-31-33-14-6-5-7-15-33)38-28-34(16-10-12-24-52)37(18-11-13-25-53)44-39-29-36(56-32-35-17-8-9-19-40(35)49)20-21-42(39)59-47(43,45(38)44)57-26-4-2/h4-9,14-15,17,19-21,28-29,34,37,43-45,52-53H,2-3,10-13,16,18,22-27,30-32H2,1H3/t34-,37+,43-,44+,45+,47+/m0/s1. The molecule has 2 aliphatic carbocycles. The van der Waals surface area contributed by atoms with E-state index in [9.17, 15) is 19.4 Å². The number of ether oxygens (including phenoxy) is 4. The molecule has 59 heavy (non-hydrogen) atoms. The number of halogens is 2. The molecule has 0 aromatic heterocycles. The number of nitrogens with zero attached hydrogens (tertiary/aromatic N) is 2. The third-order valence-corrected chi connectivity index (χ3v) is 11.8. The van der Waals surface area contributed by atoms with Crippen LogP contribution in [0.1, 0.15) is 80.9 Å². The number of benzene rings is 3. The predicted octanol–water partition coefficient (Wildman–Crippen LogP) is 9.33. The molecule has 0 radical (unpaired) electrons. The molecule has 6 atom stereocenters. The van der Waals surface area contributed by atoms with Crippen molar-refractivity contribution < 1.29 is 43.2 Å². The first kappa shape index (κ1) is 44.1. The van der Waals surface area contributed by atoms with Crippen LogP contribution in [0.4, 0.5) is 9.18 Å². The summed E-state index contributed by atoms with van der Waals surface area (Å²) in [4.78, 5) is 22.0. The maximum atomic E-state index is 14.7. The maximum absolute atomic E-state index is 14.7. The molecule has 1 aliphatic heterocycles. The predicted molar refractivity (Wildman–Crippen MR) is 226 cm³/mol. The molecule has 3 aromatic carbocycles. The molecule has 6 rings (SSSR count).